The minimum absolute atomic E-state index is 0.0491. The Labute approximate surface area is 73.0 Å². The summed E-state index contributed by atoms with van der Waals surface area (Å²) in [5, 5.41) is 0. The van der Waals surface area contributed by atoms with Crippen LogP contribution in [0.5, 0.6) is 0 Å². The molecule has 0 unspecified atom stereocenters. The van der Waals surface area contributed by atoms with Gasteiger partial charge in [-0.05, 0) is 18.4 Å². The van der Waals surface area contributed by atoms with Gasteiger partial charge in [0.15, 0.2) is 0 Å². The summed E-state index contributed by atoms with van der Waals surface area (Å²) in [6.45, 7) is 4.31. The van der Waals surface area contributed by atoms with Gasteiger partial charge >= 0.3 is 0 Å². The summed E-state index contributed by atoms with van der Waals surface area (Å²) in [5.74, 6) is 0.606. The third-order valence-corrected chi connectivity index (χ3v) is 1.71. The summed E-state index contributed by atoms with van der Waals surface area (Å²) in [4.78, 5) is 7.94. The van der Waals surface area contributed by atoms with Crippen LogP contribution in [0, 0.1) is 5.92 Å². The Kier molecular flexibility index (Phi) is 3.17. The van der Waals surface area contributed by atoms with E-state index in [1.165, 1.54) is 6.33 Å². The highest BCUT2D eigenvalue weighted by Crippen LogP contribution is 2.15. The Morgan fingerprint density at radius 3 is 2.75 bits per heavy atom. The van der Waals surface area contributed by atoms with E-state index in [1.54, 1.807) is 6.20 Å². The third-order valence-electron chi connectivity index (χ3n) is 1.71. The van der Waals surface area contributed by atoms with Gasteiger partial charge in [-0.1, -0.05) is 13.8 Å². The van der Waals surface area contributed by atoms with Gasteiger partial charge in [0.1, 0.15) is 6.33 Å². The summed E-state index contributed by atoms with van der Waals surface area (Å²) in [6.07, 6.45) is 4.23. The lowest BCUT2D eigenvalue weighted by Gasteiger charge is -2.12. The lowest BCUT2D eigenvalue weighted by Crippen LogP contribution is -2.14. The molecular weight excluding hydrogens is 150 g/mol. The van der Waals surface area contributed by atoms with E-state index >= 15 is 0 Å². The summed E-state index contributed by atoms with van der Waals surface area (Å²) < 4.78 is 0. The van der Waals surface area contributed by atoms with Crippen LogP contribution < -0.4 is 5.73 Å². The fraction of sp³-hybridized carbons (Fsp3) is 0.556. The minimum Gasteiger partial charge on any atom is -0.323 e. The summed E-state index contributed by atoms with van der Waals surface area (Å²) in [6, 6.07) is 1.92. The van der Waals surface area contributed by atoms with Gasteiger partial charge in [-0.25, -0.2) is 9.97 Å². The Bertz CT molecular complexity index is 220. The molecule has 0 bridgehead atoms. The molecule has 3 nitrogen and oxygen atoms in total. The second-order valence-electron chi connectivity index (χ2n) is 3.37. The molecule has 0 aliphatic carbocycles. The van der Waals surface area contributed by atoms with E-state index in [2.05, 4.69) is 23.8 Å². The number of nitrogens with zero attached hydrogens (tertiary/aromatic N) is 2. The van der Waals surface area contributed by atoms with Gasteiger partial charge in [0.25, 0.3) is 0 Å². The molecule has 1 heterocycles. The van der Waals surface area contributed by atoms with Gasteiger partial charge in [0.05, 0.1) is 5.69 Å². The zero-order chi connectivity index (χ0) is 8.97. The molecule has 0 aromatic carbocycles. The molecule has 2 N–H and O–H groups in total. The molecule has 0 amide bonds. The van der Waals surface area contributed by atoms with Gasteiger partial charge < -0.3 is 5.73 Å². The molecule has 1 aromatic heterocycles. The Hall–Kier alpha value is -0.960. The zero-order valence-electron chi connectivity index (χ0n) is 7.57. The van der Waals surface area contributed by atoms with Crippen molar-refractivity contribution in [3.63, 3.8) is 0 Å². The predicted molar refractivity (Wildman–Crippen MR) is 48.4 cm³/mol. The van der Waals surface area contributed by atoms with E-state index in [4.69, 9.17) is 5.73 Å². The monoisotopic (exact) mass is 165 g/mol. The van der Waals surface area contributed by atoms with E-state index in [0.717, 1.165) is 12.1 Å². The Balaban J connectivity index is 2.59. The first-order valence-electron chi connectivity index (χ1n) is 4.21. The third kappa shape index (κ3) is 2.58. The average Bonchev–Trinajstić information content (AvgIpc) is 2.05. The van der Waals surface area contributed by atoms with E-state index in [0.29, 0.717) is 5.92 Å². The molecule has 0 saturated carbocycles. The number of aromatic nitrogens is 2. The van der Waals surface area contributed by atoms with Crippen molar-refractivity contribution in [3.05, 3.63) is 24.3 Å². The maximum absolute atomic E-state index is 5.91. The van der Waals surface area contributed by atoms with Crippen LogP contribution in [0.25, 0.3) is 0 Å². The molecule has 3 heteroatoms. The first-order valence-corrected chi connectivity index (χ1v) is 4.21. The number of hydrogen-bond donors (Lipinski definition) is 1. The van der Waals surface area contributed by atoms with E-state index in [1.807, 2.05) is 6.07 Å². The lowest BCUT2D eigenvalue weighted by molar-refractivity contribution is 0.501. The van der Waals surface area contributed by atoms with Crippen LogP contribution in [0.1, 0.15) is 32.0 Å². The predicted octanol–water partition coefficient (Wildman–Crippen LogP) is 1.52. The van der Waals surface area contributed by atoms with Crippen LogP contribution in [0.3, 0.4) is 0 Å². The maximum atomic E-state index is 5.91. The lowest BCUT2D eigenvalue weighted by atomic mass is 10.0. The highest BCUT2D eigenvalue weighted by molar-refractivity contribution is 5.03. The topological polar surface area (TPSA) is 51.8 Å². The first-order chi connectivity index (χ1) is 5.70. The fourth-order valence-electron chi connectivity index (χ4n) is 1.15. The van der Waals surface area contributed by atoms with Crippen LogP contribution in [-0.4, -0.2) is 9.97 Å². The molecule has 0 aliphatic heterocycles. The van der Waals surface area contributed by atoms with Crippen molar-refractivity contribution in [2.75, 3.05) is 0 Å². The van der Waals surface area contributed by atoms with Crippen molar-refractivity contribution in [1.29, 1.82) is 0 Å². The fourth-order valence-corrected chi connectivity index (χ4v) is 1.15. The molecule has 1 atom stereocenters. The largest absolute Gasteiger partial charge is 0.323 e. The highest BCUT2D eigenvalue weighted by Gasteiger charge is 2.08. The van der Waals surface area contributed by atoms with Gasteiger partial charge in [-0.3, -0.25) is 0 Å². The van der Waals surface area contributed by atoms with Gasteiger partial charge in [-0.2, -0.15) is 0 Å². The molecule has 66 valence electrons. The molecule has 12 heavy (non-hydrogen) atoms. The van der Waals surface area contributed by atoms with Crippen LogP contribution in [0.15, 0.2) is 18.6 Å². The second-order valence-corrected chi connectivity index (χ2v) is 3.37. The second kappa shape index (κ2) is 4.16. The van der Waals surface area contributed by atoms with Crippen molar-refractivity contribution < 1.29 is 0 Å². The van der Waals surface area contributed by atoms with Crippen LogP contribution >= 0.6 is 0 Å². The average molecular weight is 165 g/mol. The van der Waals surface area contributed by atoms with E-state index < -0.39 is 0 Å². The smallest absolute Gasteiger partial charge is 0.115 e. The Morgan fingerprint density at radius 1 is 1.50 bits per heavy atom. The van der Waals surface area contributed by atoms with Gasteiger partial charge in [0.2, 0.25) is 0 Å². The van der Waals surface area contributed by atoms with Crippen molar-refractivity contribution in [1.82, 2.24) is 9.97 Å². The van der Waals surface area contributed by atoms with E-state index in [-0.39, 0.29) is 6.04 Å². The van der Waals surface area contributed by atoms with Crippen LogP contribution in [0.4, 0.5) is 0 Å². The van der Waals surface area contributed by atoms with Gasteiger partial charge in [-0.15, -0.1) is 0 Å². The summed E-state index contributed by atoms with van der Waals surface area (Å²) in [5.41, 5.74) is 6.84. The molecule has 0 fully saturated rings. The SMILES string of the molecule is CC(C)C[C@@H](N)c1ccncn1. The number of nitrogens with two attached hydrogens (primary N) is 1. The number of rotatable bonds is 3. The quantitative estimate of drug-likeness (QED) is 0.738. The van der Waals surface area contributed by atoms with Crippen molar-refractivity contribution >= 4 is 0 Å². The van der Waals surface area contributed by atoms with E-state index in [9.17, 15) is 0 Å². The summed E-state index contributed by atoms with van der Waals surface area (Å²) >= 11 is 0. The van der Waals surface area contributed by atoms with Crippen molar-refractivity contribution in [2.45, 2.75) is 26.3 Å². The molecule has 1 rings (SSSR count). The Morgan fingerprint density at radius 2 is 2.25 bits per heavy atom. The molecule has 0 aliphatic rings. The van der Waals surface area contributed by atoms with Gasteiger partial charge in [0, 0.05) is 12.2 Å². The van der Waals surface area contributed by atoms with Crippen molar-refractivity contribution in [3.8, 4) is 0 Å². The standard InChI is InChI=1S/C9H15N3/c1-7(2)5-8(10)9-3-4-11-6-12-9/h3-4,6-8H,5,10H2,1-2H3/t8-/m1/s1. The van der Waals surface area contributed by atoms with Crippen LogP contribution in [-0.2, 0) is 0 Å². The van der Waals surface area contributed by atoms with Crippen LogP contribution in [0.2, 0.25) is 0 Å². The maximum Gasteiger partial charge on any atom is 0.115 e. The normalized spacial score (nSPS) is 13.3. The molecular formula is C9H15N3. The molecule has 1 aromatic rings. The molecule has 0 radical (unpaired) electrons. The number of hydrogen-bond acceptors (Lipinski definition) is 3. The molecule has 0 spiro atoms. The first kappa shape index (κ1) is 9.13. The minimum atomic E-state index is 0.0491. The summed E-state index contributed by atoms with van der Waals surface area (Å²) in [7, 11) is 0. The zero-order valence-corrected chi connectivity index (χ0v) is 7.57. The highest BCUT2D eigenvalue weighted by atomic mass is 14.8. The molecule has 0 saturated heterocycles. The van der Waals surface area contributed by atoms with Crippen molar-refractivity contribution in [2.24, 2.45) is 11.7 Å².